The van der Waals surface area contributed by atoms with Crippen LogP contribution in [0.4, 0.5) is 10.7 Å². The molecule has 1 amide bonds. The summed E-state index contributed by atoms with van der Waals surface area (Å²) in [5.74, 6) is 1.31. The highest BCUT2D eigenvalue weighted by atomic mass is 16.3. The van der Waals surface area contributed by atoms with Crippen molar-refractivity contribution < 1.29 is 9.21 Å². The van der Waals surface area contributed by atoms with Crippen LogP contribution >= 0.6 is 0 Å². The van der Waals surface area contributed by atoms with Gasteiger partial charge in [0.2, 0.25) is 5.95 Å². The summed E-state index contributed by atoms with van der Waals surface area (Å²) in [6.07, 6.45) is 1.40. The molecule has 0 spiro atoms. The van der Waals surface area contributed by atoms with E-state index in [-0.39, 0.29) is 12.0 Å². The maximum atomic E-state index is 12.5. The van der Waals surface area contributed by atoms with Crippen molar-refractivity contribution in [3.05, 3.63) is 60.1 Å². The molecule has 0 aliphatic carbocycles. The summed E-state index contributed by atoms with van der Waals surface area (Å²) in [4.78, 5) is 25.2. The molecule has 0 fully saturated rings. The largest absolute Gasteiger partial charge is 0.460 e. The van der Waals surface area contributed by atoms with Gasteiger partial charge >= 0.3 is 6.03 Å². The van der Waals surface area contributed by atoms with Crippen molar-refractivity contribution >= 4 is 23.1 Å². The minimum atomic E-state index is -0.351. The second kappa shape index (κ2) is 6.32. The normalized spacial score (nSPS) is 11.0. The first-order chi connectivity index (χ1) is 12.6. The van der Waals surface area contributed by atoms with Gasteiger partial charge in [-0.25, -0.2) is 19.3 Å². The Morgan fingerprint density at radius 3 is 2.73 bits per heavy atom. The summed E-state index contributed by atoms with van der Waals surface area (Å²) in [5, 5.41) is 2.84. The number of carbonyl (C=O) groups excluding carboxylic acids is 1. The molecule has 0 saturated carbocycles. The van der Waals surface area contributed by atoms with E-state index in [1.54, 1.807) is 6.07 Å². The van der Waals surface area contributed by atoms with E-state index in [4.69, 9.17) is 10.2 Å². The topological polar surface area (TPSA) is 112 Å². The van der Waals surface area contributed by atoms with Crippen molar-refractivity contribution in [1.82, 2.24) is 24.8 Å². The first kappa shape index (κ1) is 15.8. The van der Waals surface area contributed by atoms with Gasteiger partial charge in [0.05, 0.1) is 0 Å². The molecule has 8 nitrogen and oxygen atoms in total. The fraction of sp³-hybridized carbons (Fsp3) is 0.111. The number of imidazole rings is 1. The van der Waals surface area contributed by atoms with Gasteiger partial charge in [0.1, 0.15) is 23.3 Å². The number of hydrogen-bond acceptors (Lipinski definition) is 6. The van der Waals surface area contributed by atoms with Gasteiger partial charge in [0.25, 0.3) is 0 Å². The van der Waals surface area contributed by atoms with Gasteiger partial charge < -0.3 is 15.5 Å². The number of rotatable bonds is 3. The molecule has 0 atom stereocenters. The molecule has 0 aliphatic rings. The van der Waals surface area contributed by atoms with Crippen LogP contribution in [0.1, 0.15) is 11.3 Å². The quantitative estimate of drug-likeness (QED) is 0.589. The number of furan rings is 1. The number of amides is 1. The molecule has 3 heterocycles. The lowest BCUT2D eigenvalue weighted by molar-refractivity contribution is 0.242. The molecule has 0 radical (unpaired) electrons. The number of nitrogen functional groups attached to an aromatic ring is 1. The van der Waals surface area contributed by atoms with Gasteiger partial charge in [-0.1, -0.05) is 30.3 Å². The molecular weight excluding hydrogens is 332 g/mol. The molecule has 4 rings (SSSR count). The number of nitrogens with one attached hydrogen (secondary N) is 1. The van der Waals surface area contributed by atoms with Crippen LogP contribution in [0, 0.1) is 6.92 Å². The highest BCUT2D eigenvalue weighted by Gasteiger charge is 2.19. The minimum Gasteiger partial charge on any atom is -0.460 e. The molecule has 26 heavy (non-hydrogen) atoms. The summed E-state index contributed by atoms with van der Waals surface area (Å²) in [7, 11) is 0. The van der Waals surface area contributed by atoms with Crippen LogP contribution in [0.5, 0.6) is 0 Å². The summed E-state index contributed by atoms with van der Waals surface area (Å²) in [5.41, 5.74) is 8.04. The molecule has 8 heteroatoms. The first-order valence-corrected chi connectivity index (χ1v) is 8.01. The molecule has 0 saturated heterocycles. The number of nitrogens with zero attached hydrogens (tertiary/aromatic N) is 4. The average Bonchev–Trinajstić information content (AvgIpc) is 3.26. The highest BCUT2D eigenvalue weighted by molar-refractivity contribution is 5.93. The molecule has 3 aromatic heterocycles. The Morgan fingerprint density at radius 2 is 2.00 bits per heavy atom. The SMILES string of the molecule is Cc1ccc(-c2nc(N)nc3c2ncn3C(=O)NCc2ccccc2)o1. The molecule has 0 bridgehead atoms. The predicted molar refractivity (Wildman–Crippen MR) is 96.3 cm³/mol. The minimum absolute atomic E-state index is 0.0409. The third kappa shape index (κ3) is 2.88. The number of carbonyl (C=O) groups is 1. The van der Waals surface area contributed by atoms with Crippen LogP contribution < -0.4 is 11.1 Å². The fourth-order valence-electron chi connectivity index (χ4n) is 2.66. The van der Waals surface area contributed by atoms with Gasteiger partial charge in [0.15, 0.2) is 11.4 Å². The van der Waals surface area contributed by atoms with E-state index < -0.39 is 0 Å². The summed E-state index contributed by atoms with van der Waals surface area (Å²) < 4.78 is 6.93. The van der Waals surface area contributed by atoms with E-state index in [9.17, 15) is 4.79 Å². The lowest BCUT2D eigenvalue weighted by atomic mass is 10.2. The highest BCUT2D eigenvalue weighted by Crippen LogP contribution is 2.27. The molecule has 1 aromatic carbocycles. The van der Waals surface area contributed by atoms with Gasteiger partial charge in [-0.3, -0.25) is 0 Å². The maximum Gasteiger partial charge on any atom is 0.328 e. The third-order valence-electron chi connectivity index (χ3n) is 3.89. The van der Waals surface area contributed by atoms with E-state index in [1.165, 1.54) is 10.9 Å². The van der Waals surface area contributed by atoms with Crippen molar-refractivity contribution in [2.24, 2.45) is 0 Å². The lowest BCUT2D eigenvalue weighted by Gasteiger charge is -2.07. The van der Waals surface area contributed by atoms with E-state index in [0.29, 0.717) is 29.2 Å². The Balaban J connectivity index is 1.68. The summed E-state index contributed by atoms with van der Waals surface area (Å²) in [6, 6.07) is 12.9. The Kier molecular flexibility index (Phi) is 3.85. The average molecular weight is 348 g/mol. The molecule has 130 valence electrons. The fourth-order valence-corrected chi connectivity index (χ4v) is 2.66. The Labute approximate surface area is 148 Å². The molecule has 3 N–H and O–H groups in total. The van der Waals surface area contributed by atoms with Crippen molar-refractivity contribution in [2.75, 3.05) is 5.73 Å². The number of aryl methyl sites for hydroxylation is 1. The standard InChI is InChI=1S/C18H16N6O2/c1-11-7-8-13(26-11)14-15-16(23-17(19)22-14)24(10-21-15)18(25)20-9-12-5-3-2-4-6-12/h2-8,10H,9H2,1H3,(H,20,25)(H2,19,22,23). The maximum absolute atomic E-state index is 12.5. The number of hydrogen-bond donors (Lipinski definition) is 2. The first-order valence-electron chi connectivity index (χ1n) is 8.01. The predicted octanol–water partition coefficient (Wildman–Crippen LogP) is 2.73. The number of nitrogens with two attached hydrogens (primary N) is 1. The Bertz CT molecular complexity index is 1080. The smallest absolute Gasteiger partial charge is 0.328 e. The van der Waals surface area contributed by atoms with E-state index in [2.05, 4.69) is 20.3 Å². The summed E-state index contributed by atoms with van der Waals surface area (Å²) in [6.45, 7) is 2.23. The number of aromatic nitrogens is 4. The van der Waals surface area contributed by atoms with Crippen LogP contribution in [0.15, 0.2) is 53.2 Å². The number of benzene rings is 1. The van der Waals surface area contributed by atoms with E-state index >= 15 is 0 Å². The van der Waals surface area contributed by atoms with Gasteiger partial charge in [-0.2, -0.15) is 4.98 Å². The van der Waals surface area contributed by atoms with Crippen molar-refractivity contribution in [3.8, 4) is 11.5 Å². The molecule has 0 aliphatic heterocycles. The number of anilines is 1. The Morgan fingerprint density at radius 1 is 1.19 bits per heavy atom. The summed E-state index contributed by atoms with van der Waals surface area (Å²) >= 11 is 0. The van der Waals surface area contributed by atoms with Crippen LogP contribution in [-0.4, -0.2) is 25.6 Å². The zero-order valence-corrected chi connectivity index (χ0v) is 14.0. The lowest BCUT2D eigenvalue weighted by Crippen LogP contribution is -2.27. The van der Waals surface area contributed by atoms with Crippen LogP contribution in [-0.2, 0) is 6.54 Å². The van der Waals surface area contributed by atoms with Gasteiger partial charge in [-0.05, 0) is 24.6 Å². The molecule has 4 aromatic rings. The number of fused-ring (bicyclic) bond motifs is 1. The second-order valence-corrected chi connectivity index (χ2v) is 5.77. The van der Waals surface area contributed by atoms with E-state index in [1.807, 2.05) is 43.3 Å². The van der Waals surface area contributed by atoms with E-state index in [0.717, 1.165) is 11.3 Å². The zero-order valence-electron chi connectivity index (χ0n) is 14.0. The van der Waals surface area contributed by atoms with Crippen LogP contribution in [0.2, 0.25) is 0 Å². The molecular formula is C18H16N6O2. The van der Waals surface area contributed by atoms with Gasteiger partial charge in [0, 0.05) is 6.54 Å². The monoisotopic (exact) mass is 348 g/mol. The van der Waals surface area contributed by atoms with Crippen LogP contribution in [0.25, 0.3) is 22.6 Å². The third-order valence-corrected chi connectivity index (χ3v) is 3.89. The van der Waals surface area contributed by atoms with Crippen LogP contribution in [0.3, 0.4) is 0 Å². The zero-order chi connectivity index (χ0) is 18.1. The van der Waals surface area contributed by atoms with Gasteiger partial charge in [-0.15, -0.1) is 0 Å². The second-order valence-electron chi connectivity index (χ2n) is 5.77. The van der Waals surface area contributed by atoms with Crippen molar-refractivity contribution in [2.45, 2.75) is 13.5 Å². The Hall–Kier alpha value is -3.68. The molecule has 0 unspecified atom stereocenters. The van der Waals surface area contributed by atoms with Crippen molar-refractivity contribution in [1.29, 1.82) is 0 Å². The van der Waals surface area contributed by atoms with Crippen molar-refractivity contribution in [3.63, 3.8) is 0 Å².